The van der Waals surface area contributed by atoms with Crippen LogP contribution in [0.5, 0.6) is 0 Å². The quantitative estimate of drug-likeness (QED) is 0.510. The Morgan fingerprint density at radius 2 is 2.03 bits per heavy atom. The highest BCUT2D eigenvalue weighted by Gasteiger charge is 2.18. The van der Waals surface area contributed by atoms with Crippen LogP contribution >= 0.6 is 27.5 Å². The van der Waals surface area contributed by atoms with Gasteiger partial charge < -0.3 is 10.1 Å². The third-order valence-electron chi connectivity index (χ3n) is 4.43. The lowest BCUT2D eigenvalue weighted by Gasteiger charge is -2.14. The highest BCUT2D eigenvalue weighted by molar-refractivity contribution is 9.10. The first kappa shape index (κ1) is 22.0. The SMILES string of the molecule is CC(OC(=O)CCn1cnc2ccc(Br)cc2c1=O)C(=O)NCc1ccccc1Cl. The maximum absolute atomic E-state index is 12.5. The van der Waals surface area contributed by atoms with E-state index in [2.05, 4.69) is 26.2 Å². The topological polar surface area (TPSA) is 90.3 Å². The van der Waals surface area contributed by atoms with Crippen LogP contribution in [0.25, 0.3) is 10.9 Å². The van der Waals surface area contributed by atoms with Crippen LogP contribution < -0.4 is 10.9 Å². The Morgan fingerprint density at radius 1 is 1.27 bits per heavy atom. The monoisotopic (exact) mass is 491 g/mol. The van der Waals surface area contributed by atoms with Crippen molar-refractivity contribution in [2.75, 3.05) is 0 Å². The number of carbonyl (C=O) groups is 2. The Balaban J connectivity index is 1.53. The number of carbonyl (C=O) groups excluding carboxylic acids is 2. The number of aromatic nitrogens is 2. The molecule has 0 radical (unpaired) electrons. The Hall–Kier alpha value is -2.71. The summed E-state index contributed by atoms with van der Waals surface area (Å²) in [4.78, 5) is 41.1. The number of nitrogens with zero attached hydrogens (tertiary/aromatic N) is 2. The van der Waals surface area contributed by atoms with E-state index in [1.807, 2.05) is 6.07 Å². The molecule has 0 aliphatic rings. The van der Waals surface area contributed by atoms with Crippen molar-refractivity contribution in [3.63, 3.8) is 0 Å². The number of rotatable bonds is 7. The van der Waals surface area contributed by atoms with Crippen LogP contribution in [-0.2, 0) is 27.4 Å². The van der Waals surface area contributed by atoms with E-state index < -0.39 is 18.0 Å². The molecule has 1 aromatic heterocycles. The van der Waals surface area contributed by atoms with Crippen LogP contribution in [0.3, 0.4) is 0 Å². The number of hydrogen-bond donors (Lipinski definition) is 1. The van der Waals surface area contributed by atoms with Crippen molar-refractivity contribution in [3.05, 3.63) is 74.2 Å². The van der Waals surface area contributed by atoms with Crippen LogP contribution in [0.1, 0.15) is 18.9 Å². The minimum absolute atomic E-state index is 0.0662. The van der Waals surface area contributed by atoms with Crippen molar-refractivity contribution in [2.24, 2.45) is 0 Å². The van der Waals surface area contributed by atoms with E-state index in [1.54, 1.807) is 36.4 Å². The minimum atomic E-state index is -0.970. The fourth-order valence-electron chi connectivity index (χ4n) is 2.78. The van der Waals surface area contributed by atoms with Crippen molar-refractivity contribution in [1.82, 2.24) is 14.9 Å². The van der Waals surface area contributed by atoms with Gasteiger partial charge in [-0.05, 0) is 36.8 Å². The van der Waals surface area contributed by atoms with E-state index >= 15 is 0 Å². The van der Waals surface area contributed by atoms with Gasteiger partial charge in [0.1, 0.15) is 0 Å². The third kappa shape index (κ3) is 5.46. The predicted octanol–water partition coefficient (Wildman–Crippen LogP) is 3.45. The normalized spacial score (nSPS) is 11.8. The second kappa shape index (κ2) is 9.86. The van der Waals surface area contributed by atoms with E-state index in [9.17, 15) is 14.4 Å². The van der Waals surface area contributed by atoms with Crippen LogP contribution in [0.2, 0.25) is 5.02 Å². The van der Waals surface area contributed by atoms with Crippen LogP contribution in [0.15, 0.2) is 58.1 Å². The Morgan fingerprint density at radius 3 is 2.80 bits per heavy atom. The van der Waals surface area contributed by atoms with Crippen LogP contribution in [0.4, 0.5) is 0 Å². The molecule has 1 atom stereocenters. The molecule has 156 valence electrons. The van der Waals surface area contributed by atoms with Gasteiger partial charge in [-0.15, -0.1) is 0 Å². The first-order valence-corrected chi connectivity index (χ1v) is 10.4. The van der Waals surface area contributed by atoms with Gasteiger partial charge in [0.25, 0.3) is 11.5 Å². The molecule has 0 saturated carbocycles. The fraction of sp³-hybridized carbons (Fsp3) is 0.238. The number of benzene rings is 2. The first-order chi connectivity index (χ1) is 14.3. The van der Waals surface area contributed by atoms with Gasteiger partial charge in [-0.3, -0.25) is 19.0 Å². The zero-order valence-corrected chi connectivity index (χ0v) is 18.4. The molecule has 9 heteroatoms. The number of nitrogens with one attached hydrogen (secondary N) is 1. The second-order valence-corrected chi connectivity index (χ2v) is 7.92. The average Bonchev–Trinajstić information content (AvgIpc) is 2.72. The van der Waals surface area contributed by atoms with Gasteiger partial charge in [0.05, 0.1) is 23.7 Å². The fourth-order valence-corrected chi connectivity index (χ4v) is 3.34. The molecule has 7 nitrogen and oxygen atoms in total. The molecular formula is C21H19BrClN3O4. The summed E-state index contributed by atoms with van der Waals surface area (Å²) in [7, 11) is 0. The van der Waals surface area contributed by atoms with Crippen molar-refractivity contribution in [1.29, 1.82) is 0 Å². The summed E-state index contributed by atoms with van der Waals surface area (Å²) in [6.07, 6.45) is 0.358. The van der Waals surface area contributed by atoms with Crippen molar-refractivity contribution < 1.29 is 14.3 Å². The maximum atomic E-state index is 12.5. The first-order valence-electron chi connectivity index (χ1n) is 9.20. The van der Waals surface area contributed by atoms with E-state index in [0.717, 1.165) is 10.0 Å². The van der Waals surface area contributed by atoms with E-state index in [4.69, 9.17) is 16.3 Å². The lowest BCUT2D eigenvalue weighted by molar-refractivity contribution is -0.155. The van der Waals surface area contributed by atoms with Gasteiger partial charge in [-0.1, -0.05) is 45.7 Å². The van der Waals surface area contributed by atoms with Crippen molar-refractivity contribution in [2.45, 2.75) is 32.5 Å². The summed E-state index contributed by atoms with van der Waals surface area (Å²) in [5.74, 6) is -1.02. The molecule has 0 bridgehead atoms. The zero-order chi connectivity index (χ0) is 21.7. The van der Waals surface area contributed by atoms with Crippen LogP contribution in [-0.4, -0.2) is 27.5 Å². The minimum Gasteiger partial charge on any atom is -0.452 e. The molecule has 1 heterocycles. The number of esters is 1. The third-order valence-corrected chi connectivity index (χ3v) is 5.29. The van der Waals surface area contributed by atoms with E-state index in [0.29, 0.717) is 15.9 Å². The molecular weight excluding hydrogens is 474 g/mol. The number of amides is 1. The molecule has 3 rings (SSSR count). The highest BCUT2D eigenvalue weighted by Crippen LogP contribution is 2.15. The van der Waals surface area contributed by atoms with Gasteiger partial charge >= 0.3 is 5.97 Å². The van der Waals surface area contributed by atoms with Crippen molar-refractivity contribution in [3.8, 4) is 0 Å². The van der Waals surface area contributed by atoms with Gasteiger partial charge in [0.2, 0.25) is 0 Å². The van der Waals surface area contributed by atoms with Gasteiger partial charge in [-0.2, -0.15) is 0 Å². The summed E-state index contributed by atoms with van der Waals surface area (Å²) in [6.45, 7) is 1.82. The highest BCUT2D eigenvalue weighted by atomic mass is 79.9. The molecule has 30 heavy (non-hydrogen) atoms. The summed E-state index contributed by atoms with van der Waals surface area (Å²) >= 11 is 9.39. The zero-order valence-electron chi connectivity index (χ0n) is 16.1. The molecule has 0 aliphatic carbocycles. The number of fused-ring (bicyclic) bond motifs is 1. The molecule has 0 spiro atoms. The number of halogens is 2. The Bertz CT molecular complexity index is 1150. The molecule has 3 aromatic rings. The Kier molecular flexibility index (Phi) is 7.23. The predicted molar refractivity (Wildman–Crippen MR) is 117 cm³/mol. The van der Waals surface area contributed by atoms with Crippen molar-refractivity contribution >= 4 is 50.3 Å². The average molecular weight is 493 g/mol. The second-order valence-electron chi connectivity index (χ2n) is 6.60. The molecule has 0 aliphatic heterocycles. The van der Waals surface area contributed by atoms with Gasteiger partial charge in [-0.25, -0.2) is 4.98 Å². The van der Waals surface area contributed by atoms with Crippen LogP contribution in [0, 0.1) is 0 Å². The lowest BCUT2D eigenvalue weighted by Crippen LogP contribution is -2.35. The number of aryl methyl sites for hydroxylation is 1. The maximum Gasteiger partial charge on any atom is 0.308 e. The molecule has 1 N–H and O–H groups in total. The number of hydrogen-bond acceptors (Lipinski definition) is 5. The van der Waals surface area contributed by atoms with E-state index in [1.165, 1.54) is 17.8 Å². The molecule has 1 unspecified atom stereocenters. The standard InChI is InChI=1S/C21H19BrClN3O4/c1-13(20(28)24-11-14-4-2-3-5-17(14)23)30-19(27)8-9-26-12-25-18-7-6-15(22)10-16(18)21(26)29/h2-7,10,12-13H,8-9,11H2,1H3,(H,24,28). The van der Waals surface area contributed by atoms with Gasteiger partial charge in [0.15, 0.2) is 6.10 Å². The lowest BCUT2D eigenvalue weighted by atomic mass is 10.2. The Labute approximate surface area is 186 Å². The summed E-state index contributed by atoms with van der Waals surface area (Å²) in [5, 5.41) is 3.68. The van der Waals surface area contributed by atoms with E-state index in [-0.39, 0.29) is 25.1 Å². The molecule has 0 fully saturated rings. The smallest absolute Gasteiger partial charge is 0.308 e. The van der Waals surface area contributed by atoms with Gasteiger partial charge in [0, 0.05) is 22.6 Å². The molecule has 2 aromatic carbocycles. The summed E-state index contributed by atoms with van der Waals surface area (Å²) in [6, 6.07) is 12.4. The number of ether oxygens (including phenoxy) is 1. The largest absolute Gasteiger partial charge is 0.452 e. The molecule has 1 amide bonds. The molecule has 0 saturated heterocycles. The summed E-state index contributed by atoms with van der Waals surface area (Å²) in [5.41, 5.74) is 1.09. The summed E-state index contributed by atoms with van der Waals surface area (Å²) < 4.78 is 7.28.